The first-order valence-electron chi connectivity index (χ1n) is 10.2. The van der Waals surface area contributed by atoms with Crippen molar-refractivity contribution in [2.45, 2.75) is 57.5 Å². The Bertz CT molecular complexity index is 1120. The van der Waals surface area contributed by atoms with Crippen molar-refractivity contribution in [1.29, 1.82) is 0 Å². The van der Waals surface area contributed by atoms with E-state index in [0.29, 0.717) is 5.56 Å². The van der Waals surface area contributed by atoms with Gasteiger partial charge in [-0.15, -0.1) is 0 Å². The van der Waals surface area contributed by atoms with E-state index in [4.69, 9.17) is 4.74 Å². The van der Waals surface area contributed by atoms with Crippen molar-refractivity contribution < 1.29 is 34.4 Å². The van der Waals surface area contributed by atoms with Crippen LogP contribution in [0.3, 0.4) is 0 Å². The number of ether oxygens (including phenoxy) is 1. The topological polar surface area (TPSA) is 121 Å². The van der Waals surface area contributed by atoms with E-state index < -0.39 is 41.3 Å². The zero-order valence-electron chi connectivity index (χ0n) is 17.5. The van der Waals surface area contributed by atoms with Crippen LogP contribution in [0.1, 0.15) is 76.3 Å². The van der Waals surface area contributed by atoms with Crippen LogP contribution in [0.4, 0.5) is 0 Å². The molecule has 0 heterocycles. The Kier molecular flexibility index (Phi) is 5.08. The van der Waals surface area contributed by atoms with Crippen LogP contribution in [-0.2, 0) is 16.0 Å². The van der Waals surface area contributed by atoms with E-state index in [9.17, 15) is 29.7 Å². The summed E-state index contributed by atoms with van der Waals surface area (Å²) in [6.45, 7) is 4.44. The van der Waals surface area contributed by atoms with Crippen LogP contribution in [0.5, 0.6) is 5.75 Å². The number of ketones is 3. The maximum absolute atomic E-state index is 13.1. The maximum Gasteiger partial charge on any atom is 0.198 e. The molecule has 0 amide bonds. The Hall–Kier alpha value is -2.87. The first-order valence-corrected chi connectivity index (χ1v) is 10.2. The number of fused-ring (bicyclic) bond motifs is 3. The number of hydrogen-bond donors (Lipinski definition) is 3. The molecule has 162 valence electrons. The minimum Gasteiger partial charge on any atom is -0.507 e. The molecule has 2 aromatic rings. The molecule has 0 bridgehead atoms. The standard InChI is InChI=1S/C24H24O7/c1-11(25)12(2)31-18-10-24(30,13(3)26)9-14-8-17-20(23(29)19(14)18)22(28)16-7-5-4-6-15(16)21(17)27/h4-8,11-12,18,25,29-30H,9-10H2,1-3H3/t11-,12-,18-,24-/m0/s1. The van der Waals surface area contributed by atoms with Crippen molar-refractivity contribution in [3.63, 3.8) is 0 Å². The lowest BCUT2D eigenvalue weighted by atomic mass is 9.72. The third-order valence-electron chi connectivity index (χ3n) is 6.36. The molecule has 0 spiro atoms. The highest BCUT2D eigenvalue weighted by Gasteiger charge is 2.46. The first kappa shape index (κ1) is 21.4. The van der Waals surface area contributed by atoms with Gasteiger partial charge in [0.2, 0.25) is 0 Å². The lowest BCUT2D eigenvalue weighted by Crippen LogP contribution is -2.45. The number of aliphatic hydroxyl groups excluding tert-OH is 1. The van der Waals surface area contributed by atoms with Crippen LogP contribution >= 0.6 is 0 Å². The fraction of sp³-hybridized carbons (Fsp3) is 0.375. The third-order valence-corrected chi connectivity index (χ3v) is 6.36. The molecular weight excluding hydrogens is 400 g/mol. The second-order valence-electron chi connectivity index (χ2n) is 8.46. The third kappa shape index (κ3) is 3.29. The molecule has 0 saturated heterocycles. The summed E-state index contributed by atoms with van der Waals surface area (Å²) in [6, 6.07) is 7.86. The zero-order valence-corrected chi connectivity index (χ0v) is 17.5. The van der Waals surface area contributed by atoms with Crippen molar-refractivity contribution in [2.75, 3.05) is 0 Å². The van der Waals surface area contributed by atoms with Gasteiger partial charge in [0.25, 0.3) is 0 Å². The van der Waals surface area contributed by atoms with Crippen LogP contribution in [0.2, 0.25) is 0 Å². The van der Waals surface area contributed by atoms with E-state index in [1.54, 1.807) is 25.1 Å². The van der Waals surface area contributed by atoms with Gasteiger partial charge in [-0.25, -0.2) is 0 Å². The number of hydrogen-bond acceptors (Lipinski definition) is 7. The van der Waals surface area contributed by atoms with E-state index >= 15 is 0 Å². The average molecular weight is 424 g/mol. The van der Waals surface area contributed by atoms with E-state index in [0.717, 1.165) is 0 Å². The minimum atomic E-state index is -1.75. The number of carbonyl (C=O) groups excluding carboxylic acids is 3. The predicted octanol–water partition coefficient (Wildman–Crippen LogP) is 2.26. The second-order valence-corrected chi connectivity index (χ2v) is 8.46. The van der Waals surface area contributed by atoms with E-state index in [-0.39, 0.29) is 46.4 Å². The monoisotopic (exact) mass is 424 g/mol. The zero-order chi connectivity index (χ0) is 22.7. The highest BCUT2D eigenvalue weighted by Crippen LogP contribution is 2.47. The first-order chi connectivity index (χ1) is 14.5. The summed E-state index contributed by atoms with van der Waals surface area (Å²) in [4.78, 5) is 38.4. The minimum absolute atomic E-state index is 0.0371. The molecule has 0 aliphatic heterocycles. The highest BCUT2D eigenvalue weighted by atomic mass is 16.5. The molecule has 31 heavy (non-hydrogen) atoms. The van der Waals surface area contributed by atoms with Gasteiger partial charge in [0.15, 0.2) is 17.3 Å². The molecule has 4 atom stereocenters. The Morgan fingerprint density at radius 1 is 1.13 bits per heavy atom. The maximum atomic E-state index is 13.1. The molecular formula is C24H24O7. The molecule has 0 fully saturated rings. The van der Waals surface area contributed by atoms with Gasteiger partial charge in [-0.2, -0.15) is 0 Å². The number of phenols is 1. The summed E-state index contributed by atoms with van der Waals surface area (Å²) in [5, 5.41) is 32.0. The van der Waals surface area contributed by atoms with Gasteiger partial charge in [-0.05, 0) is 32.4 Å². The van der Waals surface area contributed by atoms with Gasteiger partial charge in [-0.1, -0.05) is 24.3 Å². The van der Waals surface area contributed by atoms with Gasteiger partial charge < -0.3 is 20.1 Å². The number of benzene rings is 2. The van der Waals surface area contributed by atoms with Gasteiger partial charge in [0.05, 0.1) is 23.9 Å². The quantitative estimate of drug-likeness (QED) is 0.587. The molecule has 0 aromatic heterocycles. The predicted molar refractivity (Wildman–Crippen MR) is 110 cm³/mol. The summed E-state index contributed by atoms with van der Waals surface area (Å²) in [5.74, 6) is -1.73. The average Bonchev–Trinajstić information content (AvgIpc) is 2.71. The number of phenolic OH excluding ortho intramolecular Hbond substituents is 1. The van der Waals surface area contributed by atoms with E-state index in [1.165, 1.54) is 26.0 Å². The van der Waals surface area contributed by atoms with Crippen LogP contribution in [0.15, 0.2) is 30.3 Å². The second kappa shape index (κ2) is 7.37. The molecule has 2 aliphatic rings. The normalized spacial score (nSPS) is 24.1. The van der Waals surface area contributed by atoms with Crippen LogP contribution in [0.25, 0.3) is 0 Å². The summed E-state index contributed by atoms with van der Waals surface area (Å²) in [5.41, 5.74) is -0.741. The summed E-state index contributed by atoms with van der Waals surface area (Å²) in [6.07, 6.45) is -2.72. The van der Waals surface area contributed by atoms with Crippen molar-refractivity contribution in [2.24, 2.45) is 0 Å². The number of aromatic hydroxyl groups is 1. The van der Waals surface area contributed by atoms with E-state index in [1.807, 2.05) is 0 Å². The summed E-state index contributed by atoms with van der Waals surface area (Å²) in [7, 11) is 0. The van der Waals surface area contributed by atoms with Crippen molar-refractivity contribution in [1.82, 2.24) is 0 Å². The number of Topliss-reactive ketones (excluding diaryl/α,β-unsaturated/α-hetero) is 1. The molecule has 4 rings (SSSR count). The summed E-state index contributed by atoms with van der Waals surface area (Å²) >= 11 is 0. The van der Waals surface area contributed by atoms with Gasteiger partial charge in [0, 0.05) is 35.1 Å². The fourth-order valence-corrected chi connectivity index (χ4v) is 4.36. The Morgan fingerprint density at radius 3 is 2.32 bits per heavy atom. The molecule has 0 saturated carbocycles. The molecule has 0 radical (unpaired) electrons. The molecule has 0 unspecified atom stereocenters. The Balaban J connectivity index is 1.92. The molecule has 7 nitrogen and oxygen atoms in total. The van der Waals surface area contributed by atoms with E-state index in [2.05, 4.69) is 0 Å². The Morgan fingerprint density at radius 2 is 1.74 bits per heavy atom. The van der Waals surface area contributed by atoms with Crippen LogP contribution < -0.4 is 0 Å². The Labute approximate surface area is 179 Å². The largest absolute Gasteiger partial charge is 0.507 e. The van der Waals surface area contributed by atoms with Crippen molar-refractivity contribution in [3.05, 3.63) is 63.7 Å². The SMILES string of the molecule is CC(=O)[C@]1(O)Cc2cc3c(c(O)c2[C@@H](O[C@@H](C)[C@H](C)O)C1)C(=O)c1ccccc1C3=O. The van der Waals surface area contributed by atoms with Gasteiger partial charge in [-0.3, -0.25) is 14.4 Å². The smallest absolute Gasteiger partial charge is 0.198 e. The van der Waals surface area contributed by atoms with Crippen molar-refractivity contribution >= 4 is 17.3 Å². The van der Waals surface area contributed by atoms with Crippen molar-refractivity contribution in [3.8, 4) is 5.75 Å². The number of rotatable bonds is 4. The highest BCUT2D eigenvalue weighted by molar-refractivity contribution is 6.29. The van der Waals surface area contributed by atoms with Crippen LogP contribution in [0, 0.1) is 0 Å². The van der Waals surface area contributed by atoms with Gasteiger partial charge in [0.1, 0.15) is 11.4 Å². The molecule has 7 heteroatoms. The van der Waals surface area contributed by atoms with Gasteiger partial charge >= 0.3 is 0 Å². The summed E-state index contributed by atoms with van der Waals surface area (Å²) < 4.78 is 5.91. The lowest BCUT2D eigenvalue weighted by Gasteiger charge is -2.39. The number of carbonyl (C=O) groups is 3. The number of aliphatic hydroxyl groups is 2. The van der Waals surface area contributed by atoms with Crippen LogP contribution in [-0.4, -0.2) is 50.5 Å². The fourth-order valence-electron chi connectivity index (χ4n) is 4.36. The molecule has 2 aromatic carbocycles. The molecule has 2 aliphatic carbocycles. The lowest BCUT2D eigenvalue weighted by molar-refractivity contribution is -0.146. The molecule has 3 N–H and O–H groups in total.